The Hall–Kier alpha value is -0.610. The number of carbonyl (C=O) groups is 1. The summed E-state index contributed by atoms with van der Waals surface area (Å²) in [5.74, 6) is 0.263. The van der Waals surface area contributed by atoms with Gasteiger partial charge >= 0.3 is 0 Å². The molecule has 2 aliphatic rings. The number of piperazine rings is 1. The average molecular weight is 211 g/mol. The maximum absolute atomic E-state index is 11.8. The highest BCUT2D eigenvalue weighted by Gasteiger charge is 2.31. The summed E-state index contributed by atoms with van der Waals surface area (Å²) in [7, 11) is 1.89. The summed E-state index contributed by atoms with van der Waals surface area (Å²) in [6.45, 7) is 6.08. The molecule has 4 nitrogen and oxygen atoms in total. The first-order valence-electron chi connectivity index (χ1n) is 5.91. The van der Waals surface area contributed by atoms with Crippen molar-refractivity contribution in [3.63, 3.8) is 0 Å². The highest BCUT2D eigenvalue weighted by molar-refractivity contribution is 5.81. The van der Waals surface area contributed by atoms with Crippen molar-refractivity contribution in [2.45, 2.75) is 31.8 Å². The van der Waals surface area contributed by atoms with Crippen molar-refractivity contribution in [2.75, 3.05) is 33.2 Å². The summed E-state index contributed by atoms with van der Waals surface area (Å²) in [6.07, 6.45) is 2.54. The highest BCUT2D eigenvalue weighted by atomic mass is 16.2. The fourth-order valence-corrected chi connectivity index (χ4v) is 2.50. The largest absolute Gasteiger partial charge is 0.343 e. The van der Waals surface area contributed by atoms with Gasteiger partial charge in [-0.2, -0.15) is 0 Å². The number of nitrogens with one attached hydrogen (secondary N) is 1. The predicted octanol–water partition coefficient (Wildman–Crippen LogP) is -0.0991. The van der Waals surface area contributed by atoms with Crippen LogP contribution in [0.3, 0.4) is 0 Å². The number of hydrogen-bond acceptors (Lipinski definition) is 3. The van der Waals surface area contributed by atoms with E-state index in [0.29, 0.717) is 6.04 Å². The van der Waals surface area contributed by atoms with E-state index >= 15 is 0 Å². The zero-order valence-electron chi connectivity index (χ0n) is 9.70. The third-order valence-corrected chi connectivity index (χ3v) is 3.62. The first kappa shape index (κ1) is 10.9. The van der Waals surface area contributed by atoms with E-state index in [2.05, 4.69) is 10.2 Å². The van der Waals surface area contributed by atoms with E-state index in [0.717, 1.165) is 26.2 Å². The molecule has 1 amide bonds. The molecule has 1 N–H and O–H groups in total. The second-order valence-corrected chi connectivity index (χ2v) is 4.72. The van der Waals surface area contributed by atoms with Crippen molar-refractivity contribution in [3.8, 4) is 0 Å². The topological polar surface area (TPSA) is 35.6 Å². The molecule has 2 saturated heterocycles. The Morgan fingerprint density at radius 2 is 2.27 bits per heavy atom. The Morgan fingerprint density at radius 3 is 2.93 bits per heavy atom. The molecule has 0 aromatic carbocycles. The minimum atomic E-state index is 0.0612. The van der Waals surface area contributed by atoms with Crippen LogP contribution in [0.4, 0.5) is 0 Å². The maximum atomic E-state index is 11.8. The van der Waals surface area contributed by atoms with Crippen molar-refractivity contribution >= 4 is 5.91 Å². The Kier molecular flexibility index (Phi) is 3.26. The van der Waals surface area contributed by atoms with Crippen molar-refractivity contribution in [3.05, 3.63) is 0 Å². The van der Waals surface area contributed by atoms with Crippen LogP contribution >= 0.6 is 0 Å². The van der Waals surface area contributed by atoms with Gasteiger partial charge in [-0.15, -0.1) is 0 Å². The second kappa shape index (κ2) is 4.49. The van der Waals surface area contributed by atoms with Gasteiger partial charge < -0.3 is 10.2 Å². The summed E-state index contributed by atoms with van der Waals surface area (Å²) in [4.78, 5) is 15.9. The van der Waals surface area contributed by atoms with Crippen LogP contribution in [-0.2, 0) is 4.79 Å². The fourth-order valence-electron chi connectivity index (χ4n) is 2.50. The van der Waals surface area contributed by atoms with Gasteiger partial charge in [-0.3, -0.25) is 9.69 Å². The minimum Gasteiger partial charge on any atom is -0.343 e. The van der Waals surface area contributed by atoms with Gasteiger partial charge in [0.1, 0.15) is 0 Å². The van der Waals surface area contributed by atoms with Crippen molar-refractivity contribution in [1.82, 2.24) is 15.1 Å². The summed E-state index contributed by atoms with van der Waals surface area (Å²) in [6, 6.07) is 0.662. The Labute approximate surface area is 91.6 Å². The quantitative estimate of drug-likeness (QED) is 0.693. The number of likely N-dealkylation sites (N-methyl/N-ethyl adjacent to an activating group) is 1. The van der Waals surface area contributed by atoms with Crippen LogP contribution in [0.25, 0.3) is 0 Å². The average Bonchev–Trinajstić information content (AvgIpc) is 2.72. The van der Waals surface area contributed by atoms with Crippen LogP contribution in [0.1, 0.15) is 19.8 Å². The first-order chi connectivity index (χ1) is 7.18. The van der Waals surface area contributed by atoms with E-state index < -0.39 is 0 Å². The van der Waals surface area contributed by atoms with Crippen LogP contribution in [-0.4, -0.2) is 61.0 Å². The van der Waals surface area contributed by atoms with Gasteiger partial charge in [0, 0.05) is 32.7 Å². The molecule has 0 radical (unpaired) electrons. The number of hydrogen-bond donors (Lipinski definition) is 1. The number of rotatable bonds is 2. The van der Waals surface area contributed by atoms with Gasteiger partial charge in [0.25, 0.3) is 0 Å². The molecule has 0 aromatic heterocycles. The van der Waals surface area contributed by atoms with Gasteiger partial charge in [-0.1, -0.05) is 0 Å². The molecule has 2 unspecified atom stereocenters. The standard InChI is InChI=1S/C11H21N3O/c1-9-11(15)13(2)6-7-14(9)8-10-4-3-5-12-10/h9-10,12H,3-8H2,1-2H3. The monoisotopic (exact) mass is 211 g/mol. The molecule has 2 rings (SSSR count). The number of amides is 1. The molecular formula is C11H21N3O. The molecular weight excluding hydrogens is 190 g/mol. The Bertz CT molecular complexity index is 238. The van der Waals surface area contributed by atoms with Crippen molar-refractivity contribution in [1.29, 1.82) is 0 Å². The number of nitrogens with zero attached hydrogens (tertiary/aromatic N) is 2. The molecule has 0 spiro atoms. The lowest BCUT2D eigenvalue weighted by molar-refractivity contribution is -0.139. The minimum absolute atomic E-state index is 0.0612. The molecule has 0 bridgehead atoms. The molecule has 4 heteroatoms. The van der Waals surface area contributed by atoms with Crippen LogP contribution in [0.5, 0.6) is 0 Å². The SMILES string of the molecule is CC1C(=O)N(C)CCN1CC1CCCN1. The van der Waals surface area contributed by atoms with Crippen LogP contribution in [0, 0.1) is 0 Å². The van der Waals surface area contributed by atoms with Gasteiger partial charge in [-0.25, -0.2) is 0 Å². The van der Waals surface area contributed by atoms with Gasteiger partial charge in [0.05, 0.1) is 6.04 Å². The summed E-state index contributed by atoms with van der Waals surface area (Å²) in [5, 5.41) is 3.48. The first-order valence-corrected chi connectivity index (χ1v) is 5.91. The van der Waals surface area contributed by atoms with E-state index in [1.54, 1.807) is 0 Å². The van der Waals surface area contributed by atoms with E-state index in [4.69, 9.17) is 0 Å². The lowest BCUT2D eigenvalue weighted by Crippen LogP contribution is -2.56. The van der Waals surface area contributed by atoms with E-state index in [1.165, 1.54) is 12.8 Å². The fraction of sp³-hybridized carbons (Fsp3) is 0.909. The molecule has 0 aromatic rings. The Morgan fingerprint density at radius 1 is 1.47 bits per heavy atom. The van der Waals surface area contributed by atoms with Crippen LogP contribution in [0.2, 0.25) is 0 Å². The second-order valence-electron chi connectivity index (χ2n) is 4.72. The molecule has 86 valence electrons. The summed E-state index contributed by atoms with van der Waals surface area (Å²) < 4.78 is 0. The normalized spacial score (nSPS) is 33.7. The zero-order valence-corrected chi connectivity index (χ0v) is 9.70. The summed E-state index contributed by atoms with van der Waals surface area (Å²) in [5.41, 5.74) is 0. The van der Waals surface area contributed by atoms with E-state index in [1.807, 2.05) is 18.9 Å². The lowest BCUT2D eigenvalue weighted by atomic mass is 10.1. The number of carbonyl (C=O) groups excluding carboxylic acids is 1. The third kappa shape index (κ3) is 2.32. The zero-order chi connectivity index (χ0) is 10.8. The smallest absolute Gasteiger partial charge is 0.239 e. The van der Waals surface area contributed by atoms with E-state index in [-0.39, 0.29) is 11.9 Å². The van der Waals surface area contributed by atoms with Crippen molar-refractivity contribution in [2.24, 2.45) is 0 Å². The summed E-state index contributed by atoms with van der Waals surface area (Å²) >= 11 is 0. The lowest BCUT2D eigenvalue weighted by Gasteiger charge is -2.38. The van der Waals surface area contributed by atoms with E-state index in [9.17, 15) is 4.79 Å². The van der Waals surface area contributed by atoms with Crippen molar-refractivity contribution < 1.29 is 4.79 Å². The molecule has 2 heterocycles. The third-order valence-electron chi connectivity index (χ3n) is 3.62. The maximum Gasteiger partial charge on any atom is 0.239 e. The van der Waals surface area contributed by atoms with Gasteiger partial charge in [-0.05, 0) is 26.3 Å². The highest BCUT2D eigenvalue weighted by Crippen LogP contribution is 2.13. The molecule has 2 fully saturated rings. The molecule has 2 aliphatic heterocycles. The van der Waals surface area contributed by atoms with Gasteiger partial charge in [0.2, 0.25) is 5.91 Å². The van der Waals surface area contributed by atoms with Gasteiger partial charge in [0.15, 0.2) is 0 Å². The molecule has 0 saturated carbocycles. The predicted molar refractivity (Wildman–Crippen MR) is 59.7 cm³/mol. The van der Waals surface area contributed by atoms with Crippen LogP contribution in [0.15, 0.2) is 0 Å². The van der Waals surface area contributed by atoms with Crippen LogP contribution < -0.4 is 5.32 Å². The molecule has 0 aliphatic carbocycles. The Balaban J connectivity index is 1.89. The molecule has 2 atom stereocenters. The molecule has 15 heavy (non-hydrogen) atoms.